The summed E-state index contributed by atoms with van der Waals surface area (Å²) in [5, 5.41) is 19.3. The summed E-state index contributed by atoms with van der Waals surface area (Å²) in [6.07, 6.45) is 0.241. The molecule has 0 fully saturated rings. The quantitative estimate of drug-likeness (QED) is 0.0694. The number of carbonyl (C=O) groups is 4. The third-order valence-electron chi connectivity index (χ3n) is 9.35. The zero-order valence-corrected chi connectivity index (χ0v) is 32.8. The van der Waals surface area contributed by atoms with E-state index >= 15 is 0 Å². The van der Waals surface area contributed by atoms with Gasteiger partial charge < -0.3 is 35.0 Å². The van der Waals surface area contributed by atoms with Gasteiger partial charge in [0.25, 0.3) is 0 Å². The van der Waals surface area contributed by atoms with Crippen LogP contribution in [0.4, 0.5) is 4.79 Å². The first-order valence-corrected chi connectivity index (χ1v) is 18.0. The van der Waals surface area contributed by atoms with Gasteiger partial charge in [-0.15, -0.1) is 0 Å². The van der Waals surface area contributed by atoms with E-state index in [9.17, 15) is 24.3 Å². The molecule has 7 atom stereocenters. The van der Waals surface area contributed by atoms with E-state index in [1.165, 1.54) is 25.1 Å². The average Bonchev–Trinajstić information content (AvgIpc) is 3.07. The zero-order chi connectivity index (χ0) is 39.0. The topological polar surface area (TPSA) is 150 Å². The molecule has 0 aliphatic carbocycles. The summed E-state index contributed by atoms with van der Waals surface area (Å²) in [7, 11) is 4.74. The molecule has 1 rings (SSSR count). The molecular formula is C39H65N5O7. The Morgan fingerprint density at radius 3 is 2.00 bits per heavy atom. The second-order valence-corrected chi connectivity index (χ2v) is 14.4. The van der Waals surface area contributed by atoms with Gasteiger partial charge in [-0.3, -0.25) is 19.7 Å². The molecule has 0 aliphatic heterocycles. The zero-order valence-electron chi connectivity index (χ0n) is 32.8. The molecule has 0 bridgehead atoms. The summed E-state index contributed by atoms with van der Waals surface area (Å²) in [5.74, 6) is -1.35. The molecule has 4 N–H and O–H groups in total. The van der Waals surface area contributed by atoms with Crippen LogP contribution in [-0.2, 0) is 30.3 Å². The van der Waals surface area contributed by atoms with Crippen molar-refractivity contribution in [1.29, 1.82) is 0 Å². The average molecular weight is 716 g/mol. The standard InChI is InChI=1S/C39H65N5O7/c1-14-21-51-38(47)30(22-29-19-17-16-18-20-29)41-36(26(7)8)42-32(45)23-31(50-13)35(27(9)15-2)43(11)37(46)33(24(3)4)40-28(10)34(25(5)6)44(12)39(48)49/h14,16-20,24-27,30-31,33-36,40-41H,1,10,15,21-23H2,2-9,11-13H3,(H,42,45)(H,48,49)/t27-,30-,31+,33-,34-,35-,36?/m0/s1. The van der Waals surface area contributed by atoms with E-state index in [0.29, 0.717) is 12.1 Å². The number of hydrogen-bond acceptors (Lipinski definition) is 8. The summed E-state index contributed by atoms with van der Waals surface area (Å²) in [4.78, 5) is 55.7. The Balaban J connectivity index is 3.28. The summed E-state index contributed by atoms with van der Waals surface area (Å²) >= 11 is 0. The molecule has 12 heteroatoms. The molecule has 12 nitrogen and oxygen atoms in total. The first-order valence-electron chi connectivity index (χ1n) is 18.0. The lowest BCUT2D eigenvalue weighted by Gasteiger charge is -2.41. The van der Waals surface area contributed by atoms with Crippen LogP contribution in [0.2, 0.25) is 0 Å². The largest absolute Gasteiger partial charge is 0.465 e. The van der Waals surface area contributed by atoms with Gasteiger partial charge in [-0.05, 0) is 35.7 Å². The molecule has 3 amide bonds. The van der Waals surface area contributed by atoms with E-state index < -0.39 is 48.5 Å². The fraction of sp³-hybridized carbons (Fsp3) is 0.641. The van der Waals surface area contributed by atoms with Crippen LogP contribution in [-0.4, -0.2) is 103 Å². The molecule has 1 aromatic carbocycles. The van der Waals surface area contributed by atoms with E-state index in [0.717, 1.165) is 12.0 Å². The molecule has 0 saturated heterocycles. The molecule has 0 saturated carbocycles. The first-order chi connectivity index (χ1) is 23.9. The molecule has 1 unspecified atom stereocenters. The summed E-state index contributed by atoms with van der Waals surface area (Å²) in [6.45, 7) is 23.4. The highest BCUT2D eigenvalue weighted by molar-refractivity contribution is 5.83. The lowest BCUT2D eigenvalue weighted by Crippen LogP contribution is -2.58. The summed E-state index contributed by atoms with van der Waals surface area (Å²) in [5.41, 5.74) is 1.37. The lowest BCUT2D eigenvalue weighted by atomic mass is 9.89. The third kappa shape index (κ3) is 14.0. The molecule has 1 aromatic rings. The van der Waals surface area contributed by atoms with Crippen molar-refractivity contribution in [2.75, 3.05) is 27.8 Å². The normalized spacial score (nSPS) is 15.6. The fourth-order valence-electron chi connectivity index (χ4n) is 6.28. The number of likely N-dealkylation sites (N-methyl/N-ethyl adjacent to an activating group) is 2. The number of ether oxygens (including phenoxy) is 2. The minimum absolute atomic E-state index is 0.0381. The van der Waals surface area contributed by atoms with Crippen LogP contribution in [0.1, 0.15) is 73.8 Å². The highest BCUT2D eigenvalue weighted by Gasteiger charge is 2.38. The van der Waals surface area contributed by atoms with Gasteiger partial charge in [0.05, 0.1) is 30.8 Å². The second-order valence-electron chi connectivity index (χ2n) is 14.4. The van der Waals surface area contributed by atoms with Crippen molar-refractivity contribution in [3.05, 3.63) is 60.8 Å². The molecule has 0 spiro atoms. The van der Waals surface area contributed by atoms with Crippen molar-refractivity contribution >= 4 is 23.9 Å². The van der Waals surface area contributed by atoms with Gasteiger partial charge in [-0.25, -0.2) is 4.79 Å². The Morgan fingerprint density at radius 2 is 1.53 bits per heavy atom. The Morgan fingerprint density at radius 1 is 0.922 bits per heavy atom. The maximum atomic E-state index is 14.2. The van der Waals surface area contributed by atoms with Crippen LogP contribution in [0.5, 0.6) is 0 Å². The van der Waals surface area contributed by atoms with Crippen molar-refractivity contribution in [2.24, 2.45) is 23.7 Å². The maximum absolute atomic E-state index is 14.2. The number of rotatable bonds is 23. The molecule has 51 heavy (non-hydrogen) atoms. The number of amides is 3. The van der Waals surface area contributed by atoms with Gasteiger partial charge in [0, 0.05) is 26.9 Å². The number of hydrogen-bond donors (Lipinski definition) is 4. The van der Waals surface area contributed by atoms with Gasteiger partial charge in [-0.2, -0.15) is 0 Å². The van der Waals surface area contributed by atoms with Gasteiger partial charge >= 0.3 is 12.1 Å². The Kier molecular flexibility index (Phi) is 19.6. The number of carbonyl (C=O) groups excluding carboxylic acids is 3. The highest BCUT2D eigenvalue weighted by atomic mass is 16.5. The number of benzene rings is 1. The van der Waals surface area contributed by atoms with E-state index in [-0.39, 0.29) is 48.5 Å². The number of nitrogens with zero attached hydrogens (tertiary/aromatic N) is 2. The van der Waals surface area contributed by atoms with E-state index in [1.807, 2.05) is 85.7 Å². The Labute approximate surface area is 306 Å². The Bertz CT molecular complexity index is 1270. The summed E-state index contributed by atoms with van der Waals surface area (Å²) in [6, 6.07) is 7.11. The van der Waals surface area contributed by atoms with Crippen molar-refractivity contribution in [2.45, 2.75) is 111 Å². The number of esters is 1. The number of carboxylic acid groups (broad SMARTS) is 1. The van der Waals surface area contributed by atoms with Gasteiger partial charge in [0.2, 0.25) is 11.8 Å². The predicted molar refractivity (Wildman–Crippen MR) is 202 cm³/mol. The number of nitrogens with one attached hydrogen (secondary N) is 3. The van der Waals surface area contributed by atoms with Crippen LogP contribution in [0.3, 0.4) is 0 Å². The lowest BCUT2D eigenvalue weighted by molar-refractivity contribution is -0.145. The van der Waals surface area contributed by atoms with Crippen LogP contribution >= 0.6 is 0 Å². The van der Waals surface area contributed by atoms with Crippen LogP contribution < -0.4 is 16.0 Å². The molecule has 0 heterocycles. The van der Waals surface area contributed by atoms with Gasteiger partial charge in [-0.1, -0.05) is 111 Å². The van der Waals surface area contributed by atoms with Crippen LogP contribution in [0.15, 0.2) is 55.3 Å². The molecule has 288 valence electrons. The maximum Gasteiger partial charge on any atom is 0.407 e. The van der Waals surface area contributed by atoms with Crippen molar-refractivity contribution in [3.8, 4) is 0 Å². The fourth-order valence-corrected chi connectivity index (χ4v) is 6.28. The van der Waals surface area contributed by atoms with Gasteiger partial charge in [0.1, 0.15) is 18.7 Å². The van der Waals surface area contributed by atoms with E-state index in [2.05, 4.69) is 29.1 Å². The van der Waals surface area contributed by atoms with E-state index in [1.54, 1.807) is 11.9 Å². The van der Waals surface area contributed by atoms with Crippen molar-refractivity contribution in [1.82, 2.24) is 25.8 Å². The molecular weight excluding hydrogens is 650 g/mol. The van der Waals surface area contributed by atoms with Crippen molar-refractivity contribution < 1.29 is 33.8 Å². The molecule has 0 aromatic heterocycles. The molecule has 0 radical (unpaired) electrons. The highest BCUT2D eigenvalue weighted by Crippen LogP contribution is 2.25. The Hall–Kier alpha value is -3.90. The monoisotopic (exact) mass is 715 g/mol. The summed E-state index contributed by atoms with van der Waals surface area (Å²) < 4.78 is 11.3. The van der Waals surface area contributed by atoms with Crippen LogP contribution in [0.25, 0.3) is 0 Å². The third-order valence-corrected chi connectivity index (χ3v) is 9.35. The second kappa shape index (κ2) is 22.1. The molecule has 0 aliphatic rings. The van der Waals surface area contributed by atoms with Crippen LogP contribution in [0, 0.1) is 23.7 Å². The van der Waals surface area contributed by atoms with E-state index in [4.69, 9.17) is 9.47 Å². The minimum Gasteiger partial charge on any atom is -0.465 e. The predicted octanol–water partition coefficient (Wildman–Crippen LogP) is 5.06. The van der Waals surface area contributed by atoms with Gasteiger partial charge in [0.15, 0.2) is 0 Å². The number of methoxy groups -OCH3 is 1. The van der Waals surface area contributed by atoms with Crippen molar-refractivity contribution in [3.63, 3.8) is 0 Å². The minimum atomic E-state index is -1.09. The smallest absolute Gasteiger partial charge is 0.407 e. The first kappa shape index (κ1) is 45.1. The SMILES string of the molecule is C=CCOC(=O)[C@H](Cc1ccccc1)NC(NC(=O)C[C@@H](OC)[C@H]([C@@H](C)CC)N(C)C(=O)[C@@H](NC(=C)[C@H](C(C)C)N(C)C(=O)O)C(C)C)C(C)C.